The van der Waals surface area contributed by atoms with Gasteiger partial charge in [0.2, 0.25) is 0 Å². The Bertz CT molecular complexity index is 255. The van der Waals surface area contributed by atoms with Crippen LogP contribution in [0.4, 0.5) is 0 Å². The molecular formula is C11H18GeO2. The Kier molecular flexibility index (Phi) is 4.65. The summed E-state index contributed by atoms with van der Waals surface area (Å²) in [7, 11) is 0. The predicted octanol–water partition coefficient (Wildman–Crippen LogP) is 2.04. The second-order valence-corrected chi connectivity index (χ2v) is 9.57. The summed E-state index contributed by atoms with van der Waals surface area (Å²) in [5.41, 5.74) is 0. The Labute approximate surface area is 89.3 Å². The van der Waals surface area contributed by atoms with Crippen LogP contribution in [0.1, 0.15) is 13.8 Å². The molecule has 3 heteroatoms. The van der Waals surface area contributed by atoms with Crippen LogP contribution in [-0.4, -0.2) is 27.2 Å². The summed E-state index contributed by atoms with van der Waals surface area (Å²) in [5.74, 6) is 2.14. The second kappa shape index (κ2) is 5.54. The van der Waals surface area contributed by atoms with E-state index in [1.165, 1.54) is 4.40 Å². The van der Waals surface area contributed by atoms with E-state index in [1.807, 2.05) is 32.0 Å². The molecule has 0 atom stereocenters. The zero-order chi connectivity index (χ0) is 10.4. The van der Waals surface area contributed by atoms with Crippen molar-refractivity contribution in [2.75, 3.05) is 13.2 Å². The normalized spacial score (nSPS) is 11.6. The fraction of sp³-hybridized carbons (Fsp3) is 0.455. The Morgan fingerprint density at radius 2 is 1.50 bits per heavy atom. The van der Waals surface area contributed by atoms with E-state index in [0.717, 1.165) is 13.2 Å². The van der Waals surface area contributed by atoms with Crippen molar-refractivity contribution in [1.82, 2.24) is 0 Å². The van der Waals surface area contributed by atoms with Crippen LogP contribution in [0.15, 0.2) is 30.3 Å². The Morgan fingerprint density at radius 3 is 1.93 bits per heavy atom. The van der Waals surface area contributed by atoms with Crippen LogP contribution in [0.3, 0.4) is 0 Å². The topological polar surface area (TPSA) is 18.5 Å². The molecule has 1 rings (SSSR count). The van der Waals surface area contributed by atoms with E-state index in [0.29, 0.717) is 0 Å². The van der Waals surface area contributed by atoms with Crippen LogP contribution in [-0.2, 0) is 7.53 Å². The van der Waals surface area contributed by atoms with E-state index in [1.54, 1.807) is 0 Å². The van der Waals surface area contributed by atoms with Gasteiger partial charge in [-0.05, 0) is 0 Å². The van der Waals surface area contributed by atoms with Crippen molar-refractivity contribution < 1.29 is 7.53 Å². The van der Waals surface area contributed by atoms with Gasteiger partial charge in [0.15, 0.2) is 0 Å². The van der Waals surface area contributed by atoms with Gasteiger partial charge < -0.3 is 0 Å². The minimum absolute atomic E-state index is 0.728. The van der Waals surface area contributed by atoms with Gasteiger partial charge in [0.1, 0.15) is 0 Å². The molecule has 0 fully saturated rings. The molecule has 14 heavy (non-hydrogen) atoms. The van der Waals surface area contributed by atoms with Crippen LogP contribution in [0.5, 0.6) is 0 Å². The zero-order valence-electron chi connectivity index (χ0n) is 9.12. The third-order valence-electron chi connectivity index (χ3n) is 2.14. The van der Waals surface area contributed by atoms with E-state index < -0.39 is 13.9 Å². The monoisotopic (exact) mass is 256 g/mol. The molecule has 0 spiro atoms. The van der Waals surface area contributed by atoms with E-state index in [2.05, 4.69) is 17.9 Å². The van der Waals surface area contributed by atoms with Crippen LogP contribution in [0.2, 0.25) is 5.76 Å². The summed E-state index contributed by atoms with van der Waals surface area (Å²) in [6.45, 7) is 5.49. The van der Waals surface area contributed by atoms with Gasteiger partial charge in [-0.2, -0.15) is 0 Å². The standard InChI is InChI=1S/C11H18GeO2/c1-4-13-12(3,14-5-2)11-9-7-6-8-10-11/h6-10H,4-5H2,1-3H3. The molecule has 0 saturated heterocycles. The molecule has 0 aliphatic heterocycles. The maximum absolute atomic E-state index is 5.82. The van der Waals surface area contributed by atoms with Crippen molar-refractivity contribution in [3.8, 4) is 0 Å². The molecule has 0 bridgehead atoms. The van der Waals surface area contributed by atoms with Gasteiger partial charge in [-0.15, -0.1) is 0 Å². The van der Waals surface area contributed by atoms with Crippen molar-refractivity contribution >= 4 is 18.3 Å². The molecule has 0 radical (unpaired) electrons. The predicted molar refractivity (Wildman–Crippen MR) is 60.9 cm³/mol. The first-order valence-corrected chi connectivity index (χ1v) is 9.92. The molecule has 0 N–H and O–H groups in total. The third kappa shape index (κ3) is 2.84. The number of hydrogen-bond donors (Lipinski definition) is 0. The third-order valence-corrected chi connectivity index (χ3v) is 8.56. The number of hydrogen-bond acceptors (Lipinski definition) is 2. The van der Waals surface area contributed by atoms with E-state index in [-0.39, 0.29) is 0 Å². The van der Waals surface area contributed by atoms with Gasteiger partial charge in [0.05, 0.1) is 0 Å². The van der Waals surface area contributed by atoms with Gasteiger partial charge in [-0.25, -0.2) is 0 Å². The number of rotatable bonds is 5. The van der Waals surface area contributed by atoms with E-state index in [4.69, 9.17) is 7.53 Å². The molecule has 0 saturated carbocycles. The maximum atomic E-state index is 5.82. The Balaban J connectivity index is 2.87. The van der Waals surface area contributed by atoms with Gasteiger partial charge in [-0.1, -0.05) is 0 Å². The van der Waals surface area contributed by atoms with Crippen LogP contribution < -0.4 is 4.40 Å². The molecule has 0 aliphatic carbocycles. The molecule has 78 valence electrons. The Morgan fingerprint density at radius 1 is 1.00 bits per heavy atom. The summed E-state index contributed by atoms with van der Waals surface area (Å²) in [6, 6.07) is 10.3. The summed E-state index contributed by atoms with van der Waals surface area (Å²) >= 11 is -2.66. The van der Waals surface area contributed by atoms with Crippen molar-refractivity contribution in [3.05, 3.63) is 30.3 Å². The van der Waals surface area contributed by atoms with Crippen LogP contribution in [0.25, 0.3) is 0 Å². The second-order valence-electron chi connectivity index (χ2n) is 3.18. The molecular weight excluding hydrogens is 237 g/mol. The van der Waals surface area contributed by atoms with E-state index >= 15 is 0 Å². The zero-order valence-corrected chi connectivity index (χ0v) is 11.2. The van der Waals surface area contributed by atoms with Crippen LogP contribution in [0, 0.1) is 0 Å². The molecule has 2 nitrogen and oxygen atoms in total. The summed E-state index contributed by atoms with van der Waals surface area (Å²) in [4.78, 5) is 0. The summed E-state index contributed by atoms with van der Waals surface area (Å²) in [6.07, 6.45) is 0. The van der Waals surface area contributed by atoms with Gasteiger partial charge in [0, 0.05) is 0 Å². The SMILES string of the molecule is CC[O][Ge]([CH3])([O]CC)[c]1ccccc1. The van der Waals surface area contributed by atoms with E-state index in [9.17, 15) is 0 Å². The summed E-state index contributed by atoms with van der Waals surface area (Å²) in [5, 5.41) is 0. The number of benzene rings is 1. The van der Waals surface area contributed by atoms with Crippen molar-refractivity contribution in [1.29, 1.82) is 0 Å². The Hall–Kier alpha value is -0.317. The first kappa shape index (κ1) is 11.8. The molecule has 1 aromatic rings. The first-order chi connectivity index (χ1) is 6.73. The molecule has 0 aromatic heterocycles. The fourth-order valence-corrected chi connectivity index (χ4v) is 6.36. The quantitative estimate of drug-likeness (QED) is 0.749. The molecule has 0 amide bonds. The molecule has 0 aliphatic rings. The molecule has 0 unspecified atom stereocenters. The molecule has 1 aromatic carbocycles. The average Bonchev–Trinajstić information content (AvgIpc) is 2.20. The van der Waals surface area contributed by atoms with Crippen molar-refractivity contribution in [2.24, 2.45) is 0 Å². The molecule has 0 heterocycles. The van der Waals surface area contributed by atoms with Crippen LogP contribution >= 0.6 is 0 Å². The summed E-state index contributed by atoms with van der Waals surface area (Å²) < 4.78 is 12.9. The average molecular weight is 255 g/mol. The van der Waals surface area contributed by atoms with Gasteiger partial charge >= 0.3 is 89.0 Å². The van der Waals surface area contributed by atoms with Crippen molar-refractivity contribution in [2.45, 2.75) is 19.6 Å². The van der Waals surface area contributed by atoms with Gasteiger partial charge in [-0.3, -0.25) is 0 Å². The fourth-order valence-electron chi connectivity index (χ4n) is 1.50. The first-order valence-electron chi connectivity index (χ1n) is 5.06. The van der Waals surface area contributed by atoms with Gasteiger partial charge in [0.25, 0.3) is 0 Å². The van der Waals surface area contributed by atoms with Crippen molar-refractivity contribution in [3.63, 3.8) is 0 Å². The minimum atomic E-state index is -2.66.